The summed E-state index contributed by atoms with van der Waals surface area (Å²) in [6, 6.07) is 11.0. The van der Waals surface area contributed by atoms with Crippen LogP contribution in [0.4, 0.5) is 0 Å². The van der Waals surface area contributed by atoms with E-state index in [0.717, 1.165) is 24.1 Å². The van der Waals surface area contributed by atoms with Gasteiger partial charge in [0.05, 0.1) is 12.2 Å². The molecule has 2 aromatic rings. The minimum absolute atomic E-state index is 0.000233. The molecule has 0 amide bonds. The zero-order valence-electron chi connectivity index (χ0n) is 20.2. The number of benzene rings is 2. The number of carbonyl (C=O) groups excluding carboxylic acids is 2. The Hall–Kier alpha value is -2.96. The Morgan fingerprint density at radius 1 is 1.11 bits per heavy atom. The van der Waals surface area contributed by atoms with Crippen molar-refractivity contribution in [3.05, 3.63) is 80.1 Å². The van der Waals surface area contributed by atoms with Gasteiger partial charge < -0.3 is 19.5 Å². The van der Waals surface area contributed by atoms with Crippen molar-refractivity contribution in [3.8, 4) is 11.5 Å². The van der Waals surface area contributed by atoms with Gasteiger partial charge >= 0.3 is 5.97 Å². The summed E-state index contributed by atoms with van der Waals surface area (Å²) in [5.74, 6) is -0.0814. The zero-order chi connectivity index (χ0) is 25.4. The Balaban J connectivity index is 1.58. The molecule has 0 aromatic heterocycles. The third kappa shape index (κ3) is 4.60. The van der Waals surface area contributed by atoms with Gasteiger partial charge in [0.25, 0.3) is 0 Å². The van der Waals surface area contributed by atoms with Crippen LogP contribution in [0.15, 0.2) is 58.9 Å². The first-order valence-electron chi connectivity index (χ1n) is 12.1. The first-order valence-corrected chi connectivity index (χ1v) is 12.9. The summed E-state index contributed by atoms with van der Waals surface area (Å²) in [4.78, 5) is 27.1. The van der Waals surface area contributed by atoms with Gasteiger partial charge in [-0.1, -0.05) is 48.7 Å². The molecule has 2 atom stereocenters. The number of rotatable bonds is 6. The van der Waals surface area contributed by atoms with Crippen LogP contribution in [-0.2, 0) is 14.3 Å². The van der Waals surface area contributed by atoms with E-state index in [2.05, 4.69) is 5.32 Å². The van der Waals surface area contributed by atoms with Crippen LogP contribution in [0, 0.1) is 0 Å². The van der Waals surface area contributed by atoms with E-state index in [-0.39, 0.29) is 18.5 Å². The average molecular weight is 528 g/mol. The summed E-state index contributed by atoms with van der Waals surface area (Å²) in [5.41, 5.74) is 4.06. The maximum absolute atomic E-state index is 13.7. The maximum atomic E-state index is 13.7. The molecule has 2 heterocycles. The Morgan fingerprint density at radius 2 is 1.83 bits per heavy atom. The number of nitrogens with one attached hydrogen (secondary N) is 1. The van der Waals surface area contributed by atoms with Crippen molar-refractivity contribution in [1.29, 1.82) is 0 Å². The number of esters is 1. The molecule has 5 rings (SSSR count). The van der Waals surface area contributed by atoms with Gasteiger partial charge in [0, 0.05) is 45.4 Å². The molecule has 6 nitrogen and oxygen atoms in total. The monoisotopic (exact) mass is 527 g/mol. The van der Waals surface area contributed by atoms with Gasteiger partial charge in [0.15, 0.2) is 17.3 Å². The summed E-state index contributed by atoms with van der Waals surface area (Å²) in [7, 11) is 0. The van der Waals surface area contributed by atoms with Crippen molar-refractivity contribution in [2.75, 3.05) is 13.4 Å². The molecule has 0 saturated carbocycles. The number of Topliss-reactive ketones (excluding diaryl/α,β-unsaturated/α-hetero) is 1. The van der Waals surface area contributed by atoms with Crippen LogP contribution in [-0.4, -0.2) is 25.2 Å². The van der Waals surface area contributed by atoms with Crippen molar-refractivity contribution < 1.29 is 23.8 Å². The van der Waals surface area contributed by atoms with Gasteiger partial charge in [-0.05, 0) is 55.0 Å². The van der Waals surface area contributed by atoms with E-state index < -0.39 is 11.9 Å². The lowest BCUT2D eigenvalue weighted by molar-refractivity contribution is -0.139. The van der Waals surface area contributed by atoms with Crippen LogP contribution in [0.3, 0.4) is 0 Å². The lowest BCUT2D eigenvalue weighted by Crippen LogP contribution is -2.36. The van der Waals surface area contributed by atoms with Gasteiger partial charge in [0.1, 0.15) is 0 Å². The molecule has 0 saturated heterocycles. The third-order valence-corrected chi connectivity index (χ3v) is 7.50. The first-order chi connectivity index (χ1) is 17.4. The van der Waals surface area contributed by atoms with Crippen molar-refractivity contribution in [2.45, 2.75) is 51.4 Å². The van der Waals surface area contributed by atoms with Gasteiger partial charge in [0.2, 0.25) is 6.79 Å². The minimum Gasteiger partial charge on any atom is -0.462 e. The van der Waals surface area contributed by atoms with Gasteiger partial charge in [-0.15, -0.1) is 0 Å². The summed E-state index contributed by atoms with van der Waals surface area (Å²) in [5, 5.41) is 4.42. The molecule has 0 bridgehead atoms. The predicted octanol–water partition coefficient (Wildman–Crippen LogP) is 6.43. The average Bonchev–Trinajstić information content (AvgIpc) is 3.30. The second-order valence-corrected chi connectivity index (χ2v) is 10.1. The fourth-order valence-electron chi connectivity index (χ4n) is 5.13. The normalized spacial score (nSPS) is 20.8. The zero-order valence-corrected chi connectivity index (χ0v) is 21.7. The Labute approximate surface area is 220 Å². The molecule has 2 aliphatic heterocycles. The van der Waals surface area contributed by atoms with Gasteiger partial charge in [-0.25, -0.2) is 4.79 Å². The lowest BCUT2D eigenvalue weighted by Gasteiger charge is -2.37. The number of ketones is 1. The Bertz CT molecular complexity index is 1280. The van der Waals surface area contributed by atoms with E-state index in [1.165, 1.54) is 0 Å². The number of unbranched alkanes of at least 4 members (excludes halogenated alkanes) is 1. The fraction of sp³-hybridized carbons (Fsp3) is 0.357. The van der Waals surface area contributed by atoms with E-state index in [1.54, 1.807) is 12.1 Å². The van der Waals surface area contributed by atoms with Crippen LogP contribution >= 0.6 is 23.2 Å². The molecule has 0 unspecified atom stereocenters. The van der Waals surface area contributed by atoms with Crippen molar-refractivity contribution in [2.24, 2.45) is 0 Å². The van der Waals surface area contributed by atoms with Crippen LogP contribution in [0.1, 0.15) is 62.5 Å². The number of hydrogen-bond donors (Lipinski definition) is 1. The minimum atomic E-state index is -0.670. The number of halogens is 2. The number of ether oxygens (including phenoxy) is 3. The topological polar surface area (TPSA) is 73.9 Å². The third-order valence-electron chi connectivity index (χ3n) is 6.92. The van der Waals surface area contributed by atoms with E-state index in [1.807, 2.05) is 38.1 Å². The number of hydrogen-bond acceptors (Lipinski definition) is 6. The summed E-state index contributed by atoms with van der Waals surface area (Å²) in [6.45, 7) is 4.28. The summed E-state index contributed by atoms with van der Waals surface area (Å²) < 4.78 is 16.7. The number of allylic oxidation sites excluding steroid dienone is 3. The molecule has 0 spiro atoms. The number of carbonyl (C=O) groups is 2. The first kappa shape index (κ1) is 24.7. The van der Waals surface area contributed by atoms with Crippen LogP contribution < -0.4 is 14.8 Å². The fourth-order valence-corrected chi connectivity index (χ4v) is 5.52. The van der Waals surface area contributed by atoms with Crippen molar-refractivity contribution >= 4 is 35.0 Å². The SMILES string of the molecule is CCCCOC(=O)C1=C(C)NC2=C(C(=O)C[C@@H](c3ccc(Cl)cc3)C2)[C@H]1c1cc2c(cc1Cl)OCO2. The molecular formula is C28H27Cl2NO5. The molecule has 0 radical (unpaired) electrons. The number of dihydropyridines is 1. The molecule has 1 N–H and O–H groups in total. The highest BCUT2D eigenvalue weighted by molar-refractivity contribution is 6.32. The van der Waals surface area contributed by atoms with Crippen molar-refractivity contribution in [3.63, 3.8) is 0 Å². The molecule has 1 aliphatic carbocycles. The highest BCUT2D eigenvalue weighted by Crippen LogP contribution is 2.49. The summed E-state index contributed by atoms with van der Waals surface area (Å²) >= 11 is 12.8. The second kappa shape index (κ2) is 10.2. The van der Waals surface area contributed by atoms with E-state index in [0.29, 0.717) is 63.4 Å². The van der Waals surface area contributed by atoms with E-state index in [4.69, 9.17) is 37.4 Å². The smallest absolute Gasteiger partial charge is 0.336 e. The van der Waals surface area contributed by atoms with Gasteiger partial charge in [-0.2, -0.15) is 0 Å². The molecule has 3 aliphatic rings. The van der Waals surface area contributed by atoms with E-state index >= 15 is 0 Å². The quantitative estimate of drug-likeness (QED) is 0.344. The lowest BCUT2D eigenvalue weighted by atomic mass is 9.71. The predicted molar refractivity (Wildman–Crippen MR) is 137 cm³/mol. The van der Waals surface area contributed by atoms with Crippen LogP contribution in [0.2, 0.25) is 10.0 Å². The molecule has 36 heavy (non-hydrogen) atoms. The highest BCUT2D eigenvalue weighted by Gasteiger charge is 2.42. The molecule has 188 valence electrons. The van der Waals surface area contributed by atoms with Crippen LogP contribution in [0.25, 0.3) is 0 Å². The Morgan fingerprint density at radius 3 is 2.56 bits per heavy atom. The molecule has 0 fully saturated rings. The molecule has 2 aromatic carbocycles. The molecule has 8 heteroatoms. The van der Waals surface area contributed by atoms with Crippen LogP contribution in [0.5, 0.6) is 11.5 Å². The van der Waals surface area contributed by atoms with Crippen molar-refractivity contribution in [1.82, 2.24) is 5.32 Å². The molecular weight excluding hydrogens is 501 g/mol. The highest BCUT2D eigenvalue weighted by atomic mass is 35.5. The standard InChI is InChI=1S/C28H27Cl2NO5/c1-3-4-9-34-28(33)25-15(2)31-21-10-17(16-5-7-18(29)8-6-16)11-22(32)27(21)26(25)19-12-23-24(13-20(19)30)36-14-35-23/h5-8,12-13,17,26,31H,3-4,9-11,14H2,1-2H3/t17-,26-/m0/s1. The number of fused-ring (bicyclic) bond motifs is 1. The van der Waals surface area contributed by atoms with E-state index in [9.17, 15) is 9.59 Å². The van der Waals surface area contributed by atoms with Gasteiger partial charge in [-0.3, -0.25) is 4.79 Å². The largest absolute Gasteiger partial charge is 0.462 e. The Kier molecular flexibility index (Phi) is 7.00. The second-order valence-electron chi connectivity index (χ2n) is 9.29. The summed E-state index contributed by atoms with van der Waals surface area (Å²) in [6.07, 6.45) is 2.60. The maximum Gasteiger partial charge on any atom is 0.336 e.